The van der Waals surface area contributed by atoms with Crippen LogP contribution in [0.3, 0.4) is 0 Å². The van der Waals surface area contributed by atoms with E-state index in [0.717, 1.165) is 30.0 Å². The number of carbonyl (C=O) groups excluding carboxylic acids is 2. The fourth-order valence-corrected chi connectivity index (χ4v) is 4.14. The summed E-state index contributed by atoms with van der Waals surface area (Å²) >= 11 is 0. The SMILES string of the molecule is COc1ccc([C@@H](CNC(=O)C[C@@H]2OC(=O)c3ccccc32)[NH+]2CCOCC2)cc1. The van der Waals surface area contributed by atoms with E-state index >= 15 is 0 Å². The molecular weight excluding hydrogens is 384 g/mol. The van der Waals surface area contributed by atoms with Crippen molar-refractivity contribution in [1.82, 2.24) is 5.32 Å². The van der Waals surface area contributed by atoms with Gasteiger partial charge in [0.15, 0.2) is 0 Å². The fraction of sp³-hybridized carbons (Fsp3) is 0.391. The molecule has 2 aliphatic heterocycles. The molecule has 7 heteroatoms. The van der Waals surface area contributed by atoms with Gasteiger partial charge in [0.25, 0.3) is 0 Å². The number of hydrogen-bond donors (Lipinski definition) is 2. The molecular formula is C23H27N2O5+. The topological polar surface area (TPSA) is 78.3 Å². The number of hydrogen-bond acceptors (Lipinski definition) is 5. The molecule has 7 nitrogen and oxygen atoms in total. The molecule has 1 saturated heterocycles. The van der Waals surface area contributed by atoms with Gasteiger partial charge in [-0.15, -0.1) is 0 Å². The van der Waals surface area contributed by atoms with E-state index in [4.69, 9.17) is 14.2 Å². The van der Waals surface area contributed by atoms with Gasteiger partial charge in [-0.05, 0) is 30.3 Å². The first kappa shape index (κ1) is 20.4. The maximum absolute atomic E-state index is 12.7. The van der Waals surface area contributed by atoms with Crippen molar-refractivity contribution in [2.24, 2.45) is 0 Å². The van der Waals surface area contributed by atoms with Crippen LogP contribution in [0.1, 0.15) is 40.1 Å². The summed E-state index contributed by atoms with van der Waals surface area (Å²) in [6.07, 6.45) is -0.403. The zero-order valence-electron chi connectivity index (χ0n) is 17.1. The number of carbonyl (C=O) groups is 2. The van der Waals surface area contributed by atoms with Crippen LogP contribution in [0.4, 0.5) is 0 Å². The summed E-state index contributed by atoms with van der Waals surface area (Å²) in [4.78, 5) is 26.0. The highest BCUT2D eigenvalue weighted by atomic mass is 16.5. The average molecular weight is 411 g/mol. The third-order valence-corrected chi connectivity index (χ3v) is 5.80. The van der Waals surface area contributed by atoms with Crippen LogP contribution in [-0.4, -0.2) is 51.8 Å². The minimum absolute atomic E-state index is 0.113. The number of esters is 1. The van der Waals surface area contributed by atoms with E-state index in [-0.39, 0.29) is 24.3 Å². The second-order valence-corrected chi connectivity index (χ2v) is 7.59. The van der Waals surface area contributed by atoms with Crippen LogP contribution in [-0.2, 0) is 14.3 Å². The molecule has 0 bridgehead atoms. The predicted octanol–water partition coefficient (Wildman–Crippen LogP) is 1.07. The molecule has 2 aliphatic rings. The molecule has 0 aromatic heterocycles. The third kappa shape index (κ3) is 4.47. The second kappa shape index (κ2) is 9.28. The Morgan fingerprint density at radius 3 is 2.63 bits per heavy atom. The summed E-state index contributed by atoms with van der Waals surface area (Å²) < 4.78 is 16.2. The Morgan fingerprint density at radius 2 is 1.90 bits per heavy atom. The first-order valence-electron chi connectivity index (χ1n) is 10.3. The Kier molecular flexibility index (Phi) is 6.30. The van der Waals surface area contributed by atoms with Gasteiger partial charge >= 0.3 is 5.97 Å². The maximum Gasteiger partial charge on any atom is 0.339 e. The van der Waals surface area contributed by atoms with E-state index in [1.54, 1.807) is 19.2 Å². The van der Waals surface area contributed by atoms with E-state index in [1.165, 1.54) is 4.90 Å². The molecule has 2 N–H and O–H groups in total. The van der Waals surface area contributed by atoms with Crippen molar-refractivity contribution in [2.45, 2.75) is 18.6 Å². The number of ether oxygens (including phenoxy) is 3. The Labute approximate surface area is 175 Å². The normalized spacial score (nSPS) is 19.6. The summed E-state index contributed by atoms with van der Waals surface area (Å²) in [6.45, 7) is 3.71. The van der Waals surface area contributed by atoms with Crippen LogP contribution in [0.25, 0.3) is 0 Å². The molecule has 0 saturated carbocycles. The largest absolute Gasteiger partial charge is 0.497 e. The Balaban J connectivity index is 1.41. The zero-order chi connectivity index (χ0) is 20.9. The van der Waals surface area contributed by atoms with Crippen molar-refractivity contribution in [1.29, 1.82) is 0 Å². The van der Waals surface area contributed by atoms with Crippen LogP contribution in [0.5, 0.6) is 5.75 Å². The van der Waals surface area contributed by atoms with Gasteiger partial charge in [0.2, 0.25) is 5.91 Å². The lowest BCUT2D eigenvalue weighted by molar-refractivity contribution is -0.937. The number of fused-ring (bicyclic) bond motifs is 1. The molecule has 2 heterocycles. The van der Waals surface area contributed by atoms with Crippen LogP contribution < -0.4 is 15.0 Å². The van der Waals surface area contributed by atoms with Gasteiger partial charge < -0.3 is 24.4 Å². The number of benzene rings is 2. The maximum atomic E-state index is 12.7. The highest BCUT2D eigenvalue weighted by molar-refractivity contribution is 5.94. The number of nitrogens with one attached hydrogen (secondary N) is 2. The molecule has 0 aliphatic carbocycles. The Bertz CT molecular complexity index is 893. The summed E-state index contributed by atoms with van der Waals surface area (Å²) in [5, 5.41) is 3.06. The number of methoxy groups -OCH3 is 1. The first-order chi connectivity index (χ1) is 14.7. The minimum Gasteiger partial charge on any atom is -0.497 e. The highest BCUT2D eigenvalue weighted by Gasteiger charge is 2.33. The summed E-state index contributed by atoms with van der Waals surface area (Å²) in [5.41, 5.74) is 2.47. The molecule has 0 radical (unpaired) electrons. The van der Waals surface area contributed by atoms with Gasteiger partial charge in [-0.25, -0.2) is 4.79 Å². The molecule has 2 aromatic carbocycles. The Morgan fingerprint density at radius 1 is 1.17 bits per heavy atom. The molecule has 1 fully saturated rings. The van der Waals surface area contributed by atoms with Crippen LogP contribution >= 0.6 is 0 Å². The molecule has 30 heavy (non-hydrogen) atoms. The zero-order valence-corrected chi connectivity index (χ0v) is 17.1. The van der Waals surface area contributed by atoms with Crippen molar-refractivity contribution in [2.75, 3.05) is 40.0 Å². The molecule has 0 unspecified atom stereocenters. The number of rotatable bonds is 7. The molecule has 158 valence electrons. The van der Waals surface area contributed by atoms with E-state index < -0.39 is 6.10 Å². The number of quaternary nitrogens is 1. The average Bonchev–Trinajstić information content (AvgIpc) is 3.10. The number of cyclic esters (lactones) is 1. The molecule has 1 amide bonds. The van der Waals surface area contributed by atoms with Crippen LogP contribution in [0.15, 0.2) is 48.5 Å². The standard InChI is InChI=1S/C23H26N2O5/c1-28-17-8-6-16(7-9-17)20(25-10-12-29-13-11-25)15-24-22(26)14-21-18-4-2-3-5-19(18)23(27)30-21/h2-9,20-21H,10-15H2,1H3,(H,24,26)/p+1/t20-,21+/m1/s1. The first-order valence-corrected chi connectivity index (χ1v) is 10.3. The monoisotopic (exact) mass is 411 g/mol. The smallest absolute Gasteiger partial charge is 0.339 e. The third-order valence-electron chi connectivity index (χ3n) is 5.80. The fourth-order valence-electron chi connectivity index (χ4n) is 4.14. The summed E-state index contributed by atoms with van der Waals surface area (Å²) in [5.74, 6) is 0.313. The number of morpholine rings is 1. The second-order valence-electron chi connectivity index (χ2n) is 7.59. The van der Waals surface area contributed by atoms with Gasteiger partial charge in [-0.2, -0.15) is 0 Å². The lowest BCUT2D eigenvalue weighted by atomic mass is 10.0. The van der Waals surface area contributed by atoms with Crippen molar-refractivity contribution < 1.29 is 28.7 Å². The molecule has 0 spiro atoms. The number of amides is 1. The molecule has 4 rings (SSSR count). The van der Waals surface area contributed by atoms with Crippen molar-refractivity contribution in [3.05, 3.63) is 65.2 Å². The van der Waals surface area contributed by atoms with E-state index in [0.29, 0.717) is 25.3 Å². The van der Waals surface area contributed by atoms with Gasteiger partial charge in [-0.3, -0.25) is 4.79 Å². The Hall–Kier alpha value is -2.90. The highest BCUT2D eigenvalue weighted by Crippen LogP contribution is 2.32. The van der Waals surface area contributed by atoms with Gasteiger partial charge in [0, 0.05) is 11.1 Å². The van der Waals surface area contributed by atoms with Crippen molar-refractivity contribution >= 4 is 11.9 Å². The van der Waals surface area contributed by atoms with Crippen molar-refractivity contribution in [3.8, 4) is 5.75 Å². The minimum atomic E-state index is -0.524. The van der Waals surface area contributed by atoms with Crippen molar-refractivity contribution in [3.63, 3.8) is 0 Å². The lowest BCUT2D eigenvalue weighted by Crippen LogP contribution is -3.15. The molecule has 2 aromatic rings. The molecule has 2 atom stereocenters. The van der Waals surface area contributed by atoms with E-state index in [9.17, 15) is 9.59 Å². The van der Waals surface area contributed by atoms with E-state index in [1.807, 2.05) is 36.4 Å². The van der Waals surface area contributed by atoms with Gasteiger partial charge in [0.1, 0.15) is 31.0 Å². The van der Waals surface area contributed by atoms with Gasteiger partial charge in [-0.1, -0.05) is 18.2 Å². The predicted molar refractivity (Wildman–Crippen MR) is 109 cm³/mol. The summed E-state index contributed by atoms with van der Waals surface area (Å²) in [7, 11) is 1.65. The lowest BCUT2D eigenvalue weighted by Gasteiger charge is -2.32. The van der Waals surface area contributed by atoms with Crippen LogP contribution in [0, 0.1) is 0 Å². The van der Waals surface area contributed by atoms with E-state index in [2.05, 4.69) is 5.32 Å². The quantitative estimate of drug-likeness (QED) is 0.667. The summed E-state index contributed by atoms with van der Waals surface area (Å²) in [6, 6.07) is 15.3. The van der Waals surface area contributed by atoms with Crippen LogP contribution in [0.2, 0.25) is 0 Å². The van der Waals surface area contributed by atoms with Gasteiger partial charge in [0.05, 0.1) is 38.9 Å².